The van der Waals surface area contributed by atoms with Gasteiger partial charge in [-0.25, -0.2) is 8.78 Å². The summed E-state index contributed by atoms with van der Waals surface area (Å²) in [5, 5.41) is 6.47. The lowest BCUT2D eigenvalue weighted by atomic mass is 10.1. The van der Waals surface area contributed by atoms with Gasteiger partial charge in [-0.3, -0.25) is 24.1 Å². The molecule has 0 fully saturated rings. The first-order valence-electron chi connectivity index (χ1n) is 12.6. The third-order valence-electron chi connectivity index (χ3n) is 6.64. The maximum Gasteiger partial charge on any atom is 0.317 e. The van der Waals surface area contributed by atoms with E-state index in [-0.39, 0.29) is 12.5 Å². The number of amides is 3. The van der Waals surface area contributed by atoms with E-state index in [2.05, 4.69) is 15.4 Å². The molecule has 0 saturated heterocycles. The van der Waals surface area contributed by atoms with E-state index in [1.165, 1.54) is 0 Å². The van der Waals surface area contributed by atoms with E-state index >= 15 is 0 Å². The Labute approximate surface area is 235 Å². The maximum atomic E-state index is 13.8. The molecule has 1 aliphatic heterocycles. The highest BCUT2D eigenvalue weighted by Crippen LogP contribution is 2.33. The minimum absolute atomic E-state index is 0.00541. The molecule has 3 amide bonds. The summed E-state index contributed by atoms with van der Waals surface area (Å²) in [7, 11) is 0. The molecule has 0 unspecified atom stereocenters. The van der Waals surface area contributed by atoms with Crippen molar-refractivity contribution in [1.29, 1.82) is 0 Å². The van der Waals surface area contributed by atoms with Crippen molar-refractivity contribution in [3.05, 3.63) is 102 Å². The number of ketones is 1. The van der Waals surface area contributed by atoms with Crippen molar-refractivity contribution in [2.75, 3.05) is 23.4 Å². The highest BCUT2D eigenvalue weighted by molar-refractivity contribution is 6.45. The second-order valence-electron chi connectivity index (χ2n) is 9.35. The summed E-state index contributed by atoms with van der Waals surface area (Å²) in [6, 6.07) is 17.8. The largest absolute Gasteiger partial charge is 0.479 e. The summed E-state index contributed by atoms with van der Waals surface area (Å²) in [5.74, 6) is -12.1. The standard InChI is InChI=1S/C30H21F4N3O5/c31-20-13-21(32)26(34)27(25(20)33)42-15-18(38)14-35-28(39)24-12-17-7-2-4-11-23(17)37(24)30(41)29(40)36-22-10-5-8-16-6-1-3-9-19(16)22/h1-11,13,24H,12,14-15H2,(H,35,39)(H,36,40)/t24-/m0/s1. The monoisotopic (exact) mass is 579 g/mol. The van der Waals surface area contributed by atoms with Gasteiger partial charge in [-0.1, -0.05) is 54.6 Å². The fraction of sp³-hybridized carbons (Fsp3) is 0.133. The number of nitrogens with zero attached hydrogens (tertiary/aromatic N) is 1. The first kappa shape index (κ1) is 28.3. The molecule has 4 aromatic rings. The number of halogens is 4. The van der Waals surface area contributed by atoms with Crippen LogP contribution in [0, 0.1) is 23.3 Å². The molecule has 5 rings (SSSR count). The zero-order chi connectivity index (χ0) is 30.0. The average molecular weight is 580 g/mol. The number of hydrogen-bond donors (Lipinski definition) is 2. The quantitative estimate of drug-likeness (QED) is 0.195. The molecule has 0 saturated carbocycles. The highest BCUT2D eigenvalue weighted by atomic mass is 19.2. The van der Waals surface area contributed by atoms with E-state index in [4.69, 9.17) is 0 Å². The molecular formula is C30H21F4N3O5. The molecule has 42 heavy (non-hydrogen) atoms. The Bertz CT molecular complexity index is 1710. The van der Waals surface area contributed by atoms with Crippen LogP contribution in [0.4, 0.5) is 28.9 Å². The number of para-hydroxylation sites is 1. The van der Waals surface area contributed by atoms with E-state index in [0.717, 1.165) is 10.3 Å². The van der Waals surface area contributed by atoms with Crippen LogP contribution in [0.15, 0.2) is 72.8 Å². The molecule has 214 valence electrons. The second-order valence-corrected chi connectivity index (χ2v) is 9.35. The Balaban J connectivity index is 1.27. The normalized spacial score (nSPS) is 13.9. The van der Waals surface area contributed by atoms with Gasteiger partial charge in [0.15, 0.2) is 23.2 Å². The van der Waals surface area contributed by atoms with E-state index in [0.29, 0.717) is 22.3 Å². The molecule has 1 atom stereocenters. The molecule has 12 heteroatoms. The summed E-state index contributed by atoms with van der Waals surface area (Å²) in [5.41, 5.74) is 1.35. The number of carbonyl (C=O) groups excluding carboxylic acids is 4. The van der Waals surface area contributed by atoms with Gasteiger partial charge in [0.05, 0.1) is 6.54 Å². The third-order valence-corrected chi connectivity index (χ3v) is 6.64. The number of rotatable bonds is 7. The van der Waals surface area contributed by atoms with Crippen LogP contribution < -0.4 is 20.3 Å². The fourth-order valence-corrected chi connectivity index (χ4v) is 4.65. The van der Waals surface area contributed by atoms with E-state index in [1.807, 2.05) is 18.2 Å². The number of hydrogen-bond acceptors (Lipinski definition) is 5. The van der Waals surface area contributed by atoms with Gasteiger partial charge in [-0.15, -0.1) is 0 Å². The molecule has 0 aliphatic carbocycles. The number of carbonyl (C=O) groups is 4. The molecular weight excluding hydrogens is 558 g/mol. The predicted molar refractivity (Wildman–Crippen MR) is 144 cm³/mol. The summed E-state index contributed by atoms with van der Waals surface area (Å²) < 4.78 is 58.9. The lowest BCUT2D eigenvalue weighted by Gasteiger charge is -2.24. The highest BCUT2D eigenvalue weighted by Gasteiger charge is 2.40. The molecule has 4 aromatic carbocycles. The lowest BCUT2D eigenvalue weighted by Crippen LogP contribution is -2.52. The van der Waals surface area contributed by atoms with E-state index in [1.54, 1.807) is 48.5 Å². The smallest absolute Gasteiger partial charge is 0.317 e. The van der Waals surface area contributed by atoms with Crippen molar-refractivity contribution in [1.82, 2.24) is 5.32 Å². The van der Waals surface area contributed by atoms with Crippen LogP contribution in [-0.2, 0) is 25.6 Å². The Morgan fingerprint density at radius 1 is 0.857 bits per heavy atom. The Hall–Kier alpha value is -5.26. The fourth-order valence-electron chi connectivity index (χ4n) is 4.65. The van der Waals surface area contributed by atoms with Crippen molar-refractivity contribution in [3.8, 4) is 5.75 Å². The molecule has 0 bridgehead atoms. The molecule has 1 aliphatic rings. The minimum Gasteiger partial charge on any atom is -0.479 e. The number of nitrogens with one attached hydrogen (secondary N) is 2. The summed E-state index contributed by atoms with van der Waals surface area (Å²) in [6.45, 7) is -1.71. The Morgan fingerprint density at radius 3 is 2.29 bits per heavy atom. The van der Waals surface area contributed by atoms with Crippen molar-refractivity contribution in [2.45, 2.75) is 12.5 Å². The SMILES string of the molecule is O=C(CNC(=O)[C@@H]1Cc2ccccc2N1C(=O)C(=O)Nc1cccc2ccccc12)COc1c(F)c(F)cc(F)c1F. The van der Waals surface area contributed by atoms with Crippen molar-refractivity contribution < 1.29 is 41.5 Å². The van der Waals surface area contributed by atoms with Crippen LogP contribution >= 0.6 is 0 Å². The average Bonchev–Trinajstić information content (AvgIpc) is 3.38. The zero-order valence-corrected chi connectivity index (χ0v) is 21.6. The van der Waals surface area contributed by atoms with Crippen molar-refractivity contribution >= 4 is 45.7 Å². The summed E-state index contributed by atoms with van der Waals surface area (Å²) in [6.07, 6.45) is 0.0407. The van der Waals surface area contributed by atoms with Gasteiger partial charge < -0.3 is 15.4 Å². The first-order chi connectivity index (χ1) is 20.2. The number of benzene rings is 4. The topological polar surface area (TPSA) is 105 Å². The van der Waals surface area contributed by atoms with Crippen LogP contribution in [0.3, 0.4) is 0 Å². The van der Waals surface area contributed by atoms with Gasteiger partial charge in [0, 0.05) is 29.2 Å². The van der Waals surface area contributed by atoms with Gasteiger partial charge in [-0.2, -0.15) is 8.78 Å². The molecule has 2 N–H and O–H groups in total. The van der Waals surface area contributed by atoms with Crippen LogP contribution in [0.2, 0.25) is 0 Å². The Morgan fingerprint density at radius 2 is 1.52 bits per heavy atom. The van der Waals surface area contributed by atoms with E-state index in [9.17, 15) is 36.7 Å². The van der Waals surface area contributed by atoms with Crippen molar-refractivity contribution in [3.63, 3.8) is 0 Å². The molecule has 1 heterocycles. The van der Waals surface area contributed by atoms with Crippen molar-refractivity contribution in [2.24, 2.45) is 0 Å². The van der Waals surface area contributed by atoms with Gasteiger partial charge >= 0.3 is 11.8 Å². The lowest BCUT2D eigenvalue weighted by molar-refractivity contribution is -0.135. The zero-order valence-electron chi connectivity index (χ0n) is 21.6. The molecule has 8 nitrogen and oxygen atoms in total. The summed E-state index contributed by atoms with van der Waals surface area (Å²) >= 11 is 0. The molecule has 0 radical (unpaired) electrons. The number of anilines is 2. The van der Waals surface area contributed by atoms with Crippen LogP contribution in [0.25, 0.3) is 10.8 Å². The predicted octanol–water partition coefficient (Wildman–Crippen LogP) is 4.06. The number of ether oxygens (including phenoxy) is 1. The Kier molecular flexibility index (Phi) is 7.87. The number of fused-ring (bicyclic) bond motifs is 2. The van der Waals surface area contributed by atoms with Crippen LogP contribution in [0.5, 0.6) is 5.75 Å². The maximum absolute atomic E-state index is 13.8. The third kappa shape index (κ3) is 5.51. The number of Topliss-reactive ketones (excluding diaryl/α,β-unsaturated/α-hetero) is 1. The van der Waals surface area contributed by atoms with Gasteiger partial charge in [0.2, 0.25) is 17.5 Å². The summed E-state index contributed by atoms with van der Waals surface area (Å²) in [4.78, 5) is 52.9. The van der Waals surface area contributed by atoms with Crippen LogP contribution in [0.1, 0.15) is 5.56 Å². The van der Waals surface area contributed by atoms with Crippen LogP contribution in [-0.4, -0.2) is 42.7 Å². The van der Waals surface area contributed by atoms with E-state index < -0.39 is 71.7 Å². The minimum atomic E-state index is -1.81. The van der Waals surface area contributed by atoms with Gasteiger partial charge in [0.25, 0.3) is 0 Å². The molecule has 0 aromatic heterocycles. The second kappa shape index (κ2) is 11.7. The van der Waals surface area contributed by atoms with Gasteiger partial charge in [0.1, 0.15) is 12.6 Å². The first-order valence-corrected chi connectivity index (χ1v) is 12.6. The molecule has 0 spiro atoms. The van der Waals surface area contributed by atoms with Gasteiger partial charge in [-0.05, 0) is 23.1 Å².